The Labute approximate surface area is 171 Å². The summed E-state index contributed by atoms with van der Waals surface area (Å²) in [4.78, 5) is 0. The van der Waals surface area contributed by atoms with E-state index in [2.05, 4.69) is 0 Å². The normalized spacial score (nSPS) is 25.9. The zero-order chi connectivity index (χ0) is 21.8. The maximum atomic E-state index is 15.3. The van der Waals surface area contributed by atoms with Gasteiger partial charge in [-0.25, -0.2) is 26.3 Å². The molecule has 0 atom stereocenters. The predicted octanol–water partition coefficient (Wildman–Crippen LogP) is 7.46. The number of rotatable bonds is 4. The van der Waals surface area contributed by atoms with Crippen LogP contribution < -0.4 is 0 Å². The van der Waals surface area contributed by atoms with Crippen molar-refractivity contribution in [3.63, 3.8) is 0 Å². The second kappa shape index (κ2) is 7.17. The molecule has 0 spiro atoms. The first-order valence-electron chi connectivity index (χ1n) is 10.1. The highest BCUT2D eigenvalue weighted by atomic mass is 19.2. The summed E-state index contributed by atoms with van der Waals surface area (Å²) in [7, 11) is 0. The molecule has 0 saturated heterocycles. The van der Waals surface area contributed by atoms with Crippen LogP contribution in [0.25, 0.3) is 0 Å². The van der Waals surface area contributed by atoms with E-state index in [0.29, 0.717) is 0 Å². The third-order valence-electron chi connectivity index (χ3n) is 7.16. The van der Waals surface area contributed by atoms with Crippen molar-refractivity contribution in [2.45, 2.75) is 57.8 Å². The van der Waals surface area contributed by atoms with Crippen LogP contribution in [-0.2, 0) is 11.8 Å². The van der Waals surface area contributed by atoms with E-state index in [-0.39, 0.29) is 60.8 Å². The molecule has 1 fully saturated rings. The smallest absolute Gasteiger partial charge is 0.163 e. The van der Waals surface area contributed by atoms with Crippen LogP contribution in [0.2, 0.25) is 0 Å². The van der Waals surface area contributed by atoms with Crippen molar-refractivity contribution in [2.75, 3.05) is 0 Å². The minimum absolute atomic E-state index is 0.0598. The van der Waals surface area contributed by atoms with Crippen LogP contribution in [0.1, 0.15) is 54.4 Å². The molecular formula is C24H22F6. The molecule has 0 amide bonds. The Kier molecular flexibility index (Phi) is 5.02. The first-order chi connectivity index (χ1) is 14.1. The van der Waals surface area contributed by atoms with Gasteiger partial charge in [-0.15, -0.1) is 0 Å². The lowest BCUT2D eigenvalue weighted by molar-refractivity contribution is 0.0791. The van der Waals surface area contributed by atoms with Gasteiger partial charge in [0.15, 0.2) is 23.3 Å². The van der Waals surface area contributed by atoms with Gasteiger partial charge in [0.1, 0.15) is 11.7 Å². The van der Waals surface area contributed by atoms with Crippen LogP contribution >= 0.6 is 0 Å². The molecule has 6 heteroatoms. The van der Waals surface area contributed by atoms with Crippen LogP contribution in [0.5, 0.6) is 0 Å². The molecule has 3 aliphatic rings. The van der Waals surface area contributed by atoms with Crippen molar-refractivity contribution in [1.82, 2.24) is 0 Å². The van der Waals surface area contributed by atoms with E-state index in [1.165, 1.54) is 38.1 Å². The molecule has 5 rings (SSSR count). The molecular weight excluding hydrogens is 402 g/mol. The van der Waals surface area contributed by atoms with Gasteiger partial charge in [-0.1, -0.05) is 24.3 Å². The van der Waals surface area contributed by atoms with E-state index in [1.54, 1.807) is 0 Å². The van der Waals surface area contributed by atoms with Crippen molar-refractivity contribution >= 4 is 0 Å². The van der Waals surface area contributed by atoms with Crippen molar-refractivity contribution in [3.05, 3.63) is 81.4 Å². The molecule has 0 radical (unpaired) electrons. The lowest BCUT2D eigenvalue weighted by Crippen LogP contribution is -2.45. The zero-order valence-corrected chi connectivity index (χ0v) is 16.8. The quantitative estimate of drug-likeness (QED) is 0.447. The Morgan fingerprint density at radius 1 is 0.667 bits per heavy atom. The SMILES string of the molecule is Cc1ccc(CCC23CCC(c4ccc(C)c(F)c4F)(CC2)C(F)=C3F)c(F)c1F. The van der Waals surface area contributed by atoms with Crippen LogP contribution in [-0.4, -0.2) is 0 Å². The average Bonchev–Trinajstić information content (AvgIpc) is 2.74. The van der Waals surface area contributed by atoms with E-state index in [4.69, 9.17) is 0 Å². The van der Waals surface area contributed by atoms with E-state index < -0.39 is 45.8 Å². The second-order valence-corrected chi connectivity index (χ2v) is 8.72. The summed E-state index contributed by atoms with van der Waals surface area (Å²) in [6, 6.07) is 5.63. The molecule has 0 aromatic heterocycles. The summed E-state index contributed by atoms with van der Waals surface area (Å²) in [5, 5.41) is 0. The largest absolute Gasteiger partial charge is 0.208 e. The summed E-state index contributed by atoms with van der Waals surface area (Å²) in [6.07, 6.45) is 0.915. The van der Waals surface area contributed by atoms with Crippen molar-refractivity contribution in [2.24, 2.45) is 5.41 Å². The Morgan fingerprint density at radius 2 is 1.23 bits per heavy atom. The number of aryl methyl sites for hydroxylation is 3. The molecule has 3 aliphatic carbocycles. The summed E-state index contributed by atoms with van der Waals surface area (Å²) < 4.78 is 87.2. The van der Waals surface area contributed by atoms with Gasteiger partial charge in [-0.3, -0.25) is 0 Å². The van der Waals surface area contributed by atoms with Crippen LogP contribution in [0.4, 0.5) is 26.3 Å². The van der Waals surface area contributed by atoms with Gasteiger partial charge in [-0.05, 0) is 69.1 Å². The first-order valence-corrected chi connectivity index (χ1v) is 10.1. The fraction of sp³-hybridized carbons (Fsp3) is 0.417. The van der Waals surface area contributed by atoms with Crippen molar-refractivity contribution in [1.29, 1.82) is 0 Å². The van der Waals surface area contributed by atoms with Gasteiger partial charge < -0.3 is 0 Å². The fourth-order valence-electron chi connectivity index (χ4n) is 5.05. The minimum Gasteiger partial charge on any atom is -0.208 e. The molecule has 2 aromatic rings. The molecule has 1 saturated carbocycles. The lowest BCUT2D eigenvalue weighted by atomic mass is 9.53. The molecule has 2 bridgehead atoms. The van der Waals surface area contributed by atoms with Crippen LogP contribution in [0.3, 0.4) is 0 Å². The highest BCUT2D eigenvalue weighted by molar-refractivity contribution is 5.43. The number of hydrogen-bond acceptors (Lipinski definition) is 0. The van der Waals surface area contributed by atoms with Gasteiger partial charge >= 0.3 is 0 Å². The topological polar surface area (TPSA) is 0 Å². The summed E-state index contributed by atoms with van der Waals surface area (Å²) in [5.41, 5.74) is -2.39. The van der Waals surface area contributed by atoms with E-state index in [0.717, 1.165) is 0 Å². The summed E-state index contributed by atoms with van der Waals surface area (Å²) >= 11 is 0. The first kappa shape index (κ1) is 21.0. The average molecular weight is 424 g/mol. The maximum Gasteiger partial charge on any atom is 0.163 e. The van der Waals surface area contributed by atoms with E-state index in [1.807, 2.05) is 0 Å². The Balaban J connectivity index is 1.67. The minimum atomic E-state index is -1.51. The standard InChI is InChI=1S/C24H22F6/c1-13-3-5-15(19(27)17(13)25)7-8-23-9-11-24(12-10-23,22(30)21(23)29)16-6-4-14(2)18(26)20(16)28/h3-6H,7-12H2,1-2H3. The fourth-order valence-corrected chi connectivity index (χ4v) is 5.05. The van der Waals surface area contributed by atoms with Crippen LogP contribution in [0, 0.1) is 42.5 Å². The summed E-state index contributed by atoms with van der Waals surface area (Å²) in [5.74, 6) is -6.10. The maximum absolute atomic E-state index is 15.3. The molecule has 0 nitrogen and oxygen atoms in total. The number of hydrogen-bond donors (Lipinski definition) is 0. The van der Waals surface area contributed by atoms with Crippen molar-refractivity contribution < 1.29 is 26.3 Å². The van der Waals surface area contributed by atoms with Gasteiger partial charge in [0.2, 0.25) is 0 Å². The molecule has 30 heavy (non-hydrogen) atoms. The van der Waals surface area contributed by atoms with Crippen molar-refractivity contribution in [3.8, 4) is 0 Å². The third kappa shape index (κ3) is 2.90. The third-order valence-corrected chi connectivity index (χ3v) is 7.16. The van der Waals surface area contributed by atoms with Gasteiger partial charge in [0, 0.05) is 11.0 Å². The molecule has 2 aromatic carbocycles. The molecule has 0 heterocycles. The van der Waals surface area contributed by atoms with E-state index in [9.17, 15) is 17.6 Å². The highest BCUT2D eigenvalue weighted by Gasteiger charge is 2.56. The molecule has 0 unspecified atom stereocenters. The predicted molar refractivity (Wildman–Crippen MR) is 102 cm³/mol. The lowest BCUT2D eigenvalue weighted by Gasteiger charge is -2.51. The molecule has 0 aliphatic heterocycles. The number of allylic oxidation sites excluding steroid dienone is 2. The monoisotopic (exact) mass is 424 g/mol. The van der Waals surface area contributed by atoms with Gasteiger partial charge in [0.25, 0.3) is 0 Å². The Morgan fingerprint density at radius 3 is 1.87 bits per heavy atom. The second-order valence-electron chi connectivity index (χ2n) is 8.72. The number of halogens is 6. The van der Waals surface area contributed by atoms with Gasteiger partial charge in [0.05, 0.1) is 5.41 Å². The Hall–Kier alpha value is -2.24. The van der Waals surface area contributed by atoms with Crippen LogP contribution in [0.15, 0.2) is 35.9 Å². The molecule has 0 N–H and O–H groups in total. The number of benzene rings is 2. The zero-order valence-electron chi connectivity index (χ0n) is 16.8. The van der Waals surface area contributed by atoms with Gasteiger partial charge in [-0.2, -0.15) is 0 Å². The number of fused-ring (bicyclic) bond motifs is 2. The summed E-state index contributed by atoms with van der Waals surface area (Å²) in [6.45, 7) is 2.86. The molecule has 160 valence electrons. The van der Waals surface area contributed by atoms with E-state index >= 15 is 8.78 Å². The highest BCUT2D eigenvalue weighted by Crippen LogP contribution is 2.63. The Bertz CT molecular complexity index is 1040.